The van der Waals surface area contributed by atoms with Gasteiger partial charge in [-0.1, -0.05) is 221 Å². The summed E-state index contributed by atoms with van der Waals surface area (Å²) in [7, 11) is -3.98. The van der Waals surface area contributed by atoms with Gasteiger partial charge in [0.2, 0.25) is 0 Å². The van der Waals surface area contributed by atoms with E-state index in [1.165, 1.54) is 160 Å². The maximum absolute atomic E-state index is 6.00. The average Bonchev–Trinajstić information content (AvgIpc) is 1.06. The van der Waals surface area contributed by atoms with E-state index in [9.17, 15) is 0 Å². The zero-order valence-electron chi connectivity index (χ0n) is 91.1. The summed E-state index contributed by atoms with van der Waals surface area (Å²) >= 11 is 0. The second-order valence-corrected chi connectivity index (χ2v) is 58.1. The molecule has 6 aromatic rings. The number of nitrogens with zero attached hydrogens (tertiary/aromatic N) is 10. The number of ether oxygens (including phenoxy) is 4. The summed E-state index contributed by atoms with van der Waals surface area (Å²) in [6.45, 7) is 110. The van der Waals surface area contributed by atoms with Gasteiger partial charge in [-0.25, -0.2) is 0 Å². The van der Waals surface area contributed by atoms with Crippen molar-refractivity contribution in [1.82, 2.24) is 0 Å². The minimum Gasteiger partial charge on any atom is -0.523 e. The molecule has 130 heavy (non-hydrogen) atoms. The molecule has 8 rings (SSSR count). The van der Waals surface area contributed by atoms with Crippen molar-refractivity contribution in [3.8, 4) is 0 Å². The molecule has 2 radical (unpaired) electrons. The molecular formula is C106H192Co2N10O4P6Zr2+4. The molecule has 0 spiro atoms. The Morgan fingerprint density at radius 1 is 0.223 bits per heavy atom. The van der Waals surface area contributed by atoms with Gasteiger partial charge in [0.25, 0.3) is 0 Å². The van der Waals surface area contributed by atoms with E-state index < -0.39 is 48.4 Å². The first kappa shape index (κ1) is 144. The molecule has 0 unspecified atom stereocenters. The van der Waals surface area contributed by atoms with E-state index >= 15 is 0 Å². The zero-order chi connectivity index (χ0) is 98.3. The third-order valence-corrected chi connectivity index (χ3v) is 37.9. The van der Waals surface area contributed by atoms with Crippen molar-refractivity contribution in [3.05, 3.63) is 203 Å². The first-order chi connectivity index (χ1) is 58.8. The van der Waals surface area contributed by atoms with Crippen molar-refractivity contribution in [1.29, 1.82) is 21.6 Å². The number of benzene rings is 6. The quantitative estimate of drug-likeness (QED) is 0.0339. The van der Waals surface area contributed by atoms with Gasteiger partial charge in [-0.15, -0.1) is 34.1 Å². The van der Waals surface area contributed by atoms with Gasteiger partial charge in [0.05, 0.1) is 67.9 Å². The molecule has 0 saturated carbocycles. The van der Waals surface area contributed by atoms with Crippen LogP contribution >= 0.6 is 48.4 Å². The van der Waals surface area contributed by atoms with E-state index in [1.807, 2.05) is 27.7 Å². The van der Waals surface area contributed by atoms with Crippen LogP contribution < -0.4 is 0 Å². The maximum Gasteiger partial charge on any atom is 2.00 e. The van der Waals surface area contributed by atoms with E-state index in [1.54, 1.807) is 0 Å². The van der Waals surface area contributed by atoms with Gasteiger partial charge in [0.1, 0.15) is 0 Å². The third-order valence-electron chi connectivity index (χ3n) is 20.8. The number of hydrogen-bond donors (Lipinski definition) is 0. The summed E-state index contributed by atoms with van der Waals surface area (Å²) in [4.78, 5) is 0. The topological polar surface area (TPSA) is 217 Å². The zero-order valence-corrected chi connectivity index (χ0v) is 104. The monoisotopic (exact) mass is 2150 g/mol. The van der Waals surface area contributed by atoms with Gasteiger partial charge >= 0.3 is 33.6 Å². The molecule has 2 saturated heterocycles. The Kier molecular flexibility index (Phi) is 89.3. The summed E-state index contributed by atoms with van der Waals surface area (Å²) < 4.78 is 19.6. The molecule has 0 aromatic heterocycles. The van der Waals surface area contributed by atoms with Crippen LogP contribution in [-0.4, -0.2) is 121 Å². The van der Waals surface area contributed by atoms with Gasteiger partial charge in [-0.2, -0.15) is 0 Å². The summed E-state index contributed by atoms with van der Waals surface area (Å²) in [6, 6.07) is 26.9. The summed E-state index contributed by atoms with van der Waals surface area (Å²) in [5.41, 5.74) is 39.7. The Hall–Kier alpha value is -1.84. The molecule has 0 aliphatic carbocycles. The van der Waals surface area contributed by atoms with Crippen LogP contribution in [0.25, 0.3) is 30.5 Å². The van der Waals surface area contributed by atoms with Crippen LogP contribution in [0.5, 0.6) is 0 Å². The number of rotatable bonds is 28. The van der Waals surface area contributed by atoms with Gasteiger partial charge in [-0.3, -0.25) is 0 Å². The van der Waals surface area contributed by atoms with Crippen LogP contribution in [0, 0.1) is 146 Å². The fourth-order valence-corrected chi connectivity index (χ4v) is 30.6. The van der Waals surface area contributed by atoms with E-state index in [0.717, 1.165) is 52.9 Å². The largest absolute Gasteiger partial charge is 2.00 e. The van der Waals surface area contributed by atoms with Crippen molar-refractivity contribution in [3.63, 3.8) is 0 Å². The van der Waals surface area contributed by atoms with Crippen molar-refractivity contribution < 1.29 is 105 Å². The smallest absolute Gasteiger partial charge is 0.523 e. The first-order valence-corrected chi connectivity index (χ1v) is 57.1. The molecule has 2 fully saturated rings. The van der Waals surface area contributed by atoms with Crippen LogP contribution in [0.4, 0.5) is 34.1 Å². The Labute approximate surface area is 869 Å². The van der Waals surface area contributed by atoms with Gasteiger partial charge in [0.15, 0.2) is 0 Å². The molecular weight excluding hydrogens is 1960 g/mol. The fourth-order valence-electron chi connectivity index (χ4n) is 15.8. The molecule has 2 heterocycles. The van der Waals surface area contributed by atoms with Crippen LogP contribution in [0.1, 0.15) is 320 Å². The minimum atomic E-state index is -0.663. The molecule has 0 bridgehead atoms. The molecule has 2 aliphatic rings. The van der Waals surface area contributed by atoms with Crippen LogP contribution in [-0.2, 0) is 105 Å². The second kappa shape index (κ2) is 80.9. The molecule has 24 heteroatoms. The normalized spacial score (nSPS) is 11.7. The first-order valence-electron chi connectivity index (χ1n) is 47.5. The SMILES string of the molecule is C1CCOC1.C1CCOC1.CCOCC.CCOCC.Cc1cc(C)c([N-][PH+](C(C)C)C(C)C)c(C)c1.Cc1cc(C)c([N-][PH+](C(C)C)C(C)C)c(C)c1.Cc1cc(C)c([N-][PH+](C(C)C)C(C)C)c(C)c1.Cc1cc(C)c([N-][PH+](C(C)C)C(C)C)c(C)c1.Cc1cc(C)c([N-][PH+](C(C)C)C(C)C)c(C)c1.Cc1cc(C)c([N-][PH+](C(C)C)C(C)C)c(C)c1.N#N.N#N.[Co+2].[Co+2].[Zr].[Zr]. The van der Waals surface area contributed by atoms with E-state index in [2.05, 4.69) is 364 Å². The van der Waals surface area contributed by atoms with Gasteiger partial charge < -0.3 is 49.5 Å². The Bertz CT molecular complexity index is 3120. The van der Waals surface area contributed by atoms with E-state index in [4.69, 9.17) is 71.0 Å². The van der Waals surface area contributed by atoms with E-state index in [-0.39, 0.29) is 86.0 Å². The Balaban J connectivity index is -0.000000216. The van der Waals surface area contributed by atoms with E-state index in [0.29, 0.717) is 67.9 Å². The number of aryl methyl sites for hydroxylation is 18. The van der Waals surface area contributed by atoms with Gasteiger partial charge in [0, 0.05) is 127 Å². The summed E-state index contributed by atoms with van der Waals surface area (Å²) in [5.74, 6) is 0. The molecule has 2 aliphatic heterocycles. The molecule has 6 aromatic carbocycles. The van der Waals surface area contributed by atoms with Crippen LogP contribution in [0.2, 0.25) is 0 Å². The fraction of sp³-hybridized carbons (Fsp3) is 0.660. The molecule has 0 N–H and O–H groups in total. The van der Waals surface area contributed by atoms with Crippen molar-refractivity contribution in [2.45, 2.75) is 412 Å². The van der Waals surface area contributed by atoms with Crippen molar-refractivity contribution >= 4 is 82.6 Å². The Morgan fingerprint density at radius 3 is 0.369 bits per heavy atom. The third kappa shape index (κ3) is 60.9. The number of hydrogen-bond acceptors (Lipinski definition) is 8. The maximum atomic E-state index is 6.00. The van der Waals surface area contributed by atoms with Crippen molar-refractivity contribution in [2.24, 2.45) is 0 Å². The molecule has 0 amide bonds. The molecule has 14 nitrogen and oxygen atoms in total. The minimum absolute atomic E-state index is 0. The van der Waals surface area contributed by atoms with Crippen molar-refractivity contribution in [2.75, 3.05) is 52.9 Å². The standard InChI is InChI=1S/6C15H26NP.2C4H8O.2C4H10O.2Co.2N2.2Zr/c6*1-10(2)17(11(3)4)16-15-13(6)8-12(5)9-14(15)7;2*1-2-4-5-3-1;2*1-3-5-4-2;;;2*1-2;;/h6*8-11,17H,1-7H3;2*1-4H2;2*3-4H2,1-2H3;;;;;;/q;;;;;;;;;;2*+2;;;;. The average molecular weight is 2160 g/mol. The predicted octanol–water partition coefficient (Wildman–Crippen LogP) is 37.1. The summed E-state index contributed by atoms with van der Waals surface area (Å²) in [5, 5.41) is 54.6. The van der Waals surface area contributed by atoms with Gasteiger partial charge in [-0.05, 0) is 344 Å². The van der Waals surface area contributed by atoms with Crippen LogP contribution in [0.3, 0.4) is 0 Å². The molecule has 742 valence electrons. The molecule has 0 atom stereocenters. The predicted molar refractivity (Wildman–Crippen MR) is 585 cm³/mol. The second-order valence-electron chi connectivity index (χ2n) is 37.8. The Morgan fingerprint density at radius 2 is 0.315 bits per heavy atom. The summed E-state index contributed by atoms with van der Waals surface area (Å²) in [6.07, 6.45) is 5.11. The van der Waals surface area contributed by atoms with Crippen LogP contribution in [0.15, 0.2) is 72.8 Å².